The molecule has 1 aromatic rings. The molecule has 86 valence electrons. The number of anilines is 1. The van der Waals surface area contributed by atoms with Crippen LogP contribution in [0.25, 0.3) is 0 Å². The zero-order chi connectivity index (χ0) is 11.6. The first-order chi connectivity index (χ1) is 7.65. The summed E-state index contributed by atoms with van der Waals surface area (Å²) in [6.45, 7) is 2.51. The van der Waals surface area contributed by atoms with Crippen molar-refractivity contribution < 1.29 is 4.79 Å². The molecule has 0 saturated heterocycles. The molecular weight excluding hydrogens is 220 g/mol. The smallest absolute Gasteiger partial charge is 0.161 e. The van der Waals surface area contributed by atoms with Gasteiger partial charge in [-0.05, 0) is 38.2 Å². The number of pyridine rings is 1. The number of thioether (sulfide) groups is 1. The molecule has 1 N–H and O–H groups in total. The molecule has 1 aliphatic rings. The van der Waals surface area contributed by atoms with Gasteiger partial charge in [0.25, 0.3) is 0 Å². The minimum Gasteiger partial charge on any atom is -0.369 e. The quantitative estimate of drug-likeness (QED) is 0.798. The second-order valence-electron chi connectivity index (χ2n) is 4.23. The number of aromatic nitrogens is 1. The maximum Gasteiger partial charge on any atom is 0.161 e. The molecule has 0 aromatic carbocycles. The van der Waals surface area contributed by atoms with E-state index in [0.29, 0.717) is 10.3 Å². The van der Waals surface area contributed by atoms with Crippen molar-refractivity contribution >= 4 is 23.4 Å². The summed E-state index contributed by atoms with van der Waals surface area (Å²) in [5, 5.41) is 3.32. The Hall–Kier alpha value is -1.03. The van der Waals surface area contributed by atoms with Crippen LogP contribution in [0.15, 0.2) is 18.3 Å². The van der Waals surface area contributed by atoms with Gasteiger partial charge in [-0.2, -0.15) is 11.8 Å². The summed E-state index contributed by atoms with van der Waals surface area (Å²) in [5.41, 5.74) is 0.663. The first-order valence-electron chi connectivity index (χ1n) is 5.41. The summed E-state index contributed by atoms with van der Waals surface area (Å²) in [7, 11) is 0. The Morgan fingerprint density at radius 3 is 2.75 bits per heavy atom. The number of rotatable bonds is 5. The Balaban J connectivity index is 1.93. The number of carbonyl (C=O) groups excluding carboxylic acids is 1. The maximum absolute atomic E-state index is 11.1. The van der Waals surface area contributed by atoms with Crippen LogP contribution < -0.4 is 5.32 Å². The average molecular weight is 236 g/mol. The van der Waals surface area contributed by atoms with Crippen LogP contribution in [0.1, 0.15) is 30.1 Å². The van der Waals surface area contributed by atoms with Gasteiger partial charge in [-0.3, -0.25) is 4.79 Å². The van der Waals surface area contributed by atoms with Crippen LogP contribution in [-0.2, 0) is 0 Å². The largest absolute Gasteiger partial charge is 0.369 e. The highest BCUT2D eigenvalue weighted by Gasteiger charge is 2.41. The second kappa shape index (κ2) is 4.45. The van der Waals surface area contributed by atoms with Gasteiger partial charge < -0.3 is 5.32 Å². The number of hydrogen-bond acceptors (Lipinski definition) is 4. The van der Waals surface area contributed by atoms with E-state index in [1.165, 1.54) is 12.8 Å². The summed E-state index contributed by atoms with van der Waals surface area (Å²) in [6, 6.07) is 3.68. The minimum absolute atomic E-state index is 0.0572. The van der Waals surface area contributed by atoms with Gasteiger partial charge in [0.1, 0.15) is 5.82 Å². The van der Waals surface area contributed by atoms with Gasteiger partial charge in [0, 0.05) is 23.1 Å². The van der Waals surface area contributed by atoms with Crippen molar-refractivity contribution in [2.75, 3.05) is 18.1 Å². The lowest BCUT2D eigenvalue weighted by Crippen LogP contribution is -2.18. The zero-order valence-corrected chi connectivity index (χ0v) is 10.4. The normalized spacial score (nSPS) is 16.9. The Morgan fingerprint density at radius 1 is 1.56 bits per heavy atom. The van der Waals surface area contributed by atoms with Crippen LogP contribution in [0.5, 0.6) is 0 Å². The molecule has 1 heterocycles. The van der Waals surface area contributed by atoms with Crippen molar-refractivity contribution in [2.24, 2.45) is 0 Å². The van der Waals surface area contributed by atoms with E-state index in [-0.39, 0.29) is 5.78 Å². The van der Waals surface area contributed by atoms with E-state index in [2.05, 4.69) is 16.6 Å². The van der Waals surface area contributed by atoms with Gasteiger partial charge in [0.05, 0.1) is 0 Å². The van der Waals surface area contributed by atoms with E-state index in [9.17, 15) is 4.79 Å². The molecule has 2 rings (SSSR count). The lowest BCUT2D eigenvalue weighted by Gasteiger charge is -2.13. The third-order valence-electron chi connectivity index (χ3n) is 3.00. The molecule has 0 unspecified atom stereocenters. The van der Waals surface area contributed by atoms with Gasteiger partial charge in [-0.15, -0.1) is 0 Å². The molecule has 16 heavy (non-hydrogen) atoms. The summed E-state index contributed by atoms with van der Waals surface area (Å²) in [6.07, 6.45) is 6.35. The van der Waals surface area contributed by atoms with Crippen molar-refractivity contribution in [2.45, 2.75) is 24.5 Å². The SMILES string of the molecule is CSC1(CNc2ccc(C(C)=O)cn2)CC1. The standard InChI is InChI=1S/C12H16N2OS/c1-9(15)10-3-4-11(13-7-10)14-8-12(16-2)5-6-12/h3-4,7H,5-6,8H2,1-2H3,(H,13,14). The Morgan fingerprint density at radius 2 is 2.31 bits per heavy atom. The fourth-order valence-electron chi connectivity index (χ4n) is 1.55. The predicted molar refractivity (Wildman–Crippen MR) is 68.2 cm³/mol. The molecule has 0 aliphatic heterocycles. The van der Waals surface area contributed by atoms with Gasteiger partial charge in [-0.25, -0.2) is 4.98 Å². The van der Waals surface area contributed by atoms with Crippen LogP contribution in [0.2, 0.25) is 0 Å². The molecule has 1 aliphatic carbocycles. The minimum atomic E-state index is 0.0572. The summed E-state index contributed by atoms with van der Waals surface area (Å²) < 4.78 is 0.431. The highest BCUT2D eigenvalue weighted by atomic mass is 32.2. The molecule has 3 nitrogen and oxygen atoms in total. The number of ketones is 1. The van der Waals surface area contributed by atoms with Crippen molar-refractivity contribution in [3.63, 3.8) is 0 Å². The summed E-state index contributed by atoms with van der Waals surface area (Å²) >= 11 is 1.92. The van der Waals surface area contributed by atoms with Gasteiger partial charge >= 0.3 is 0 Å². The van der Waals surface area contributed by atoms with Crippen molar-refractivity contribution in [3.05, 3.63) is 23.9 Å². The van der Waals surface area contributed by atoms with E-state index in [4.69, 9.17) is 0 Å². The average Bonchev–Trinajstić information content (AvgIpc) is 3.08. The molecular formula is C12H16N2OS. The van der Waals surface area contributed by atoms with E-state index in [0.717, 1.165) is 12.4 Å². The molecule has 0 amide bonds. The molecule has 0 atom stereocenters. The number of Topliss-reactive ketones (excluding diaryl/α,β-unsaturated/α-hetero) is 1. The van der Waals surface area contributed by atoms with Crippen LogP contribution >= 0.6 is 11.8 Å². The number of hydrogen-bond donors (Lipinski definition) is 1. The second-order valence-corrected chi connectivity index (χ2v) is 5.50. The molecule has 1 saturated carbocycles. The van der Waals surface area contributed by atoms with Crippen molar-refractivity contribution in [1.82, 2.24) is 4.98 Å². The molecule has 0 bridgehead atoms. The molecule has 0 radical (unpaired) electrons. The monoisotopic (exact) mass is 236 g/mol. The van der Waals surface area contributed by atoms with E-state index in [1.807, 2.05) is 23.9 Å². The molecule has 1 fully saturated rings. The summed E-state index contributed by atoms with van der Waals surface area (Å²) in [4.78, 5) is 15.3. The number of nitrogens with one attached hydrogen (secondary N) is 1. The van der Waals surface area contributed by atoms with E-state index in [1.54, 1.807) is 13.1 Å². The van der Waals surface area contributed by atoms with Crippen LogP contribution in [0.4, 0.5) is 5.82 Å². The predicted octanol–water partition coefficient (Wildman–Crippen LogP) is 2.59. The first-order valence-corrected chi connectivity index (χ1v) is 6.64. The Bertz CT molecular complexity index is 385. The Labute approximate surface area is 100 Å². The fraction of sp³-hybridized carbons (Fsp3) is 0.500. The van der Waals surface area contributed by atoms with Crippen LogP contribution in [0, 0.1) is 0 Å². The lowest BCUT2D eigenvalue weighted by atomic mass is 10.2. The van der Waals surface area contributed by atoms with Crippen LogP contribution in [0.3, 0.4) is 0 Å². The zero-order valence-electron chi connectivity index (χ0n) is 9.62. The summed E-state index contributed by atoms with van der Waals surface area (Å²) in [5.74, 6) is 0.909. The van der Waals surface area contributed by atoms with Crippen molar-refractivity contribution in [3.8, 4) is 0 Å². The number of carbonyl (C=O) groups is 1. The van der Waals surface area contributed by atoms with Gasteiger partial charge in [0.15, 0.2) is 5.78 Å². The molecule has 4 heteroatoms. The topological polar surface area (TPSA) is 42.0 Å². The highest BCUT2D eigenvalue weighted by Crippen LogP contribution is 2.46. The van der Waals surface area contributed by atoms with E-state index >= 15 is 0 Å². The van der Waals surface area contributed by atoms with E-state index < -0.39 is 0 Å². The van der Waals surface area contributed by atoms with Gasteiger partial charge in [-0.1, -0.05) is 0 Å². The third-order valence-corrected chi connectivity index (χ3v) is 4.42. The van der Waals surface area contributed by atoms with Gasteiger partial charge in [0.2, 0.25) is 0 Å². The van der Waals surface area contributed by atoms with Crippen LogP contribution in [-0.4, -0.2) is 28.3 Å². The third kappa shape index (κ3) is 2.55. The highest BCUT2D eigenvalue weighted by molar-refractivity contribution is 8.00. The first kappa shape index (κ1) is 11.5. The lowest BCUT2D eigenvalue weighted by molar-refractivity contribution is 0.101. The molecule has 1 aromatic heterocycles. The van der Waals surface area contributed by atoms with Crippen molar-refractivity contribution in [1.29, 1.82) is 0 Å². The maximum atomic E-state index is 11.1. The Kier molecular flexibility index (Phi) is 3.19. The fourth-order valence-corrected chi connectivity index (χ4v) is 2.28. The number of nitrogens with zero attached hydrogens (tertiary/aromatic N) is 1. The molecule has 0 spiro atoms.